The van der Waals surface area contributed by atoms with Gasteiger partial charge in [0.15, 0.2) is 0 Å². The molecule has 0 fully saturated rings. The first kappa shape index (κ1) is 14.1. The molecule has 1 heterocycles. The number of sulfonamides is 1. The molecule has 0 amide bonds. The number of hydrogen-bond acceptors (Lipinski definition) is 4. The molecular formula is C10H20N4O2S. The molecule has 0 saturated carbocycles. The van der Waals surface area contributed by atoms with E-state index in [1.165, 1.54) is 0 Å². The Labute approximate surface area is 102 Å². The Morgan fingerprint density at radius 3 is 2.47 bits per heavy atom. The van der Waals surface area contributed by atoms with Crippen LogP contribution in [0, 0.1) is 12.3 Å². The van der Waals surface area contributed by atoms with Crippen molar-refractivity contribution in [2.24, 2.45) is 11.1 Å². The van der Waals surface area contributed by atoms with Gasteiger partial charge in [0, 0.05) is 13.1 Å². The molecule has 0 radical (unpaired) electrons. The van der Waals surface area contributed by atoms with Crippen LogP contribution in [0.2, 0.25) is 0 Å². The molecule has 0 aliphatic rings. The first-order valence-electron chi connectivity index (χ1n) is 5.41. The predicted molar refractivity (Wildman–Crippen MR) is 65.9 cm³/mol. The summed E-state index contributed by atoms with van der Waals surface area (Å²) in [6.45, 7) is 8.00. The van der Waals surface area contributed by atoms with Crippen LogP contribution in [0.5, 0.6) is 0 Å². The van der Waals surface area contributed by atoms with Crippen molar-refractivity contribution in [1.82, 2.24) is 14.9 Å². The minimum Gasteiger partial charge on any atom is -0.325 e. The largest absolute Gasteiger partial charge is 0.325 e. The number of H-pyrrole nitrogens is 1. The lowest BCUT2D eigenvalue weighted by Gasteiger charge is -2.18. The van der Waals surface area contributed by atoms with Crippen LogP contribution in [0.25, 0.3) is 0 Å². The SMILES string of the molecule is Cc1[nH]nc(CN)c1S(=O)(=O)NCC(C)(C)C. The molecular weight excluding hydrogens is 240 g/mol. The van der Waals surface area contributed by atoms with Gasteiger partial charge in [0.2, 0.25) is 10.0 Å². The molecule has 0 aromatic carbocycles. The zero-order chi connectivity index (χ0) is 13.3. The van der Waals surface area contributed by atoms with Crippen LogP contribution < -0.4 is 10.5 Å². The lowest BCUT2D eigenvalue weighted by atomic mass is 9.98. The number of nitrogens with one attached hydrogen (secondary N) is 2. The van der Waals surface area contributed by atoms with E-state index in [2.05, 4.69) is 14.9 Å². The third-order valence-electron chi connectivity index (χ3n) is 2.22. The maximum Gasteiger partial charge on any atom is 0.244 e. The number of nitrogens with two attached hydrogens (primary N) is 1. The topological polar surface area (TPSA) is 101 Å². The summed E-state index contributed by atoms with van der Waals surface area (Å²) in [6, 6.07) is 0. The van der Waals surface area contributed by atoms with Crippen LogP contribution in [0.15, 0.2) is 4.90 Å². The van der Waals surface area contributed by atoms with Gasteiger partial charge in [0.05, 0.1) is 11.4 Å². The third-order valence-corrected chi connectivity index (χ3v) is 3.82. The number of nitrogens with zero attached hydrogens (tertiary/aromatic N) is 1. The second kappa shape index (κ2) is 4.75. The lowest BCUT2D eigenvalue weighted by Crippen LogP contribution is -2.33. The molecule has 1 aromatic heterocycles. The number of hydrogen-bond donors (Lipinski definition) is 3. The van der Waals surface area contributed by atoms with Gasteiger partial charge >= 0.3 is 0 Å². The van der Waals surface area contributed by atoms with Crippen molar-refractivity contribution in [2.45, 2.75) is 39.1 Å². The highest BCUT2D eigenvalue weighted by Gasteiger charge is 2.25. The second-order valence-corrected chi connectivity index (χ2v) is 6.92. The summed E-state index contributed by atoms with van der Waals surface area (Å²) >= 11 is 0. The van der Waals surface area contributed by atoms with E-state index in [-0.39, 0.29) is 16.9 Å². The van der Waals surface area contributed by atoms with Crippen molar-refractivity contribution in [3.63, 3.8) is 0 Å². The van der Waals surface area contributed by atoms with Gasteiger partial charge in [-0.2, -0.15) is 5.10 Å². The summed E-state index contributed by atoms with van der Waals surface area (Å²) in [4.78, 5) is 0.171. The summed E-state index contributed by atoms with van der Waals surface area (Å²) in [6.07, 6.45) is 0. The fourth-order valence-corrected chi connectivity index (χ4v) is 3.00. The summed E-state index contributed by atoms with van der Waals surface area (Å²) < 4.78 is 26.8. The molecule has 0 unspecified atom stereocenters. The van der Waals surface area contributed by atoms with Crippen molar-refractivity contribution in [2.75, 3.05) is 6.54 Å². The molecule has 98 valence electrons. The van der Waals surface area contributed by atoms with Gasteiger partial charge in [-0.1, -0.05) is 20.8 Å². The molecule has 0 spiro atoms. The number of aryl methyl sites for hydroxylation is 1. The molecule has 7 heteroatoms. The zero-order valence-electron chi connectivity index (χ0n) is 10.7. The summed E-state index contributed by atoms with van der Waals surface area (Å²) in [7, 11) is -3.55. The van der Waals surface area contributed by atoms with Crippen molar-refractivity contribution >= 4 is 10.0 Å². The van der Waals surface area contributed by atoms with Crippen LogP contribution in [-0.4, -0.2) is 25.2 Å². The van der Waals surface area contributed by atoms with E-state index in [0.29, 0.717) is 17.9 Å². The van der Waals surface area contributed by atoms with E-state index in [1.807, 2.05) is 20.8 Å². The number of aromatic nitrogens is 2. The van der Waals surface area contributed by atoms with Gasteiger partial charge in [-0.3, -0.25) is 5.10 Å². The number of aromatic amines is 1. The van der Waals surface area contributed by atoms with Crippen LogP contribution in [0.4, 0.5) is 0 Å². The Morgan fingerprint density at radius 1 is 1.41 bits per heavy atom. The smallest absolute Gasteiger partial charge is 0.244 e. The fraction of sp³-hybridized carbons (Fsp3) is 0.700. The Hall–Kier alpha value is -0.920. The van der Waals surface area contributed by atoms with E-state index >= 15 is 0 Å². The van der Waals surface area contributed by atoms with E-state index in [1.54, 1.807) is 6.92 Å². The average molecular weight is 260 g/mol. The highest BCUT2D eigenvalue weighted by atomic mass is 32.2. The summed E-state index contributed by atoms with van der Waals surface area (Å²) in [5.74, 6) is 0. The Kier molecular flexibility index (Phi) is 3.95. The van der Waals surface area contributed by atoms with Crippen LogP contribution in [-0.2, 0) is 16.6 Å². The molecule has 0 aliphatic heterocycles. The van der Waals surface area contributed by atoms with E-state index in [4.69, 9.17) is 5.73 Å². The minimum absolute atomic E-state index is 0.0934. The molecule has 0 saturated heterocycles. The van der Waals surface area contributed by atoms with E-state index < -0.39 is 10.0 Å². The molecule has 6 nitrogen and oxygen atoms in total. The number of rotatable bonds is 4. The molecule has 0 bridgehead atoms. The molecule has 1 rings (SSSR count). The van der Waals surface area contributed by atoms with Crippen molar-refractivity contribution in [1.29, 1.82) is 0 Å². The van der Waals surface area contributed by atoms with Crippen molar-refractivity contribution in [3.05, 3.63) is 11.4 Å². The van der Waals surface area contributed by atoms with Gasteiger partial charge in [-0.05, 0) is 12.3 Å². The Balaban J connectivity index is 3.01. The van der Waals surface area contributed by atoms with E-state index in [0.717, 1.165) is 0 Å². The van der Waals surface area contributed by atoms with Gasteiger partial charge in [-0.15, -0.1) is 0 Å². The fourth-order valence-electron chi connectivity index (χ4n) is 1.35. The maximum absolute atomic E-state index is 12.1. The molecule has 0 atom stereocenters. The van der Waals surface area contributed by atoms with Gasteiger partial charge in [0.25, 0.3) is 0 Å². The van der Waals surface area contributed by atoms with Crippen molar-refractivity contribution in [3.8, 4) is 0 Å². The quantitative estimate of drug-likeness (QED) is 0.733. The summed E-state index contributed by atoms with van der Waals surface area (Å²) in [5, 5.41) is 6.52. The first-order chi connectivity index (χ1) is 7.67. The molecule has 1 aromatic rings. The molecule has 17 heavy (non-hydrogen) atoms. The van der Waals surface area contributed by atoms with Crippen LogP contribution in [0.1, 0.15) is 32.2 Å². The zero-order valence-corrected chi connectivity index (χ0v) is 11.5. The standard InChI is InChI=1S/C10H20N4O2S/c1-7-9(8(5-11)14-13-7)17(15,16)12-6-10(2,3)4/h12H,5-6,11H2,1-4H3,(H,13,14). The predicted octanol–water partition coefficient (Wildman–Crippen LogP) is 0.501. The van der Waals surface area contributed by atoms with Crippen LogP contribution >= 0.6 is 0 Å². The average Bonchev–Trinajstić information content (AvgIpc) is 2.56. The van der Waals surface area contributed by atoms with E-state index in [9.17, 15) is 8.42 Å². The normalized spacial score (nSPS) is 13.0. The highest BCUT2D eigenvalue weighted by molar-refractivity contribution is 7.89. The van der Waals surface area contributed by atoms with Gasteiger partial charge < -0.3 is 5.73 Å². The van der Waals surface area contributed by atoms with Crippen LogP contribution in [0.3, 0.4) is 0 Å². The monoisotopic (exact) mass is 260 g/mol. The lowest BCUT2D eigenvalue weighted by molar-refractivity contribution is 0.407. The minimum atomic E-state index is -3.55. The van der Waals surface area contributed by atoms with Gasteiger partial charge in [-0.25, -0.2) is 13.1 Å². The first-order valence-corrected chi connectivity index (χ1v) is 6.89. The summed E-state index contributed by atoms with van der Waals surface area (Å²) in [5.41, 5.74) is 6.22. The van der Waals surface area contributed by atoms with Gasteiger partial charge in [0.1, 0.15) is 4.90 Å². The van der Waals surface area contributed by atoms with Crippen molar-refractivity contribution < 1.29 is 8.42 Å². The molecule has 0 aliphatic carbocycles. The third kappa shape index (κ3) is 3.52. The second-order valence-electron chi connectivity index (χ2n) is 5.21. The molecule has 4 N–H and O–H groups in total. The Morgan fingerprint density at radius 2 is 2.00 bits per heavy atom. The Bertz CT molecular complexity index is 485. The highest BCUT2D eigenvalue weighted by Crippen LogP contribution is 2.18. The maximum atomic E-state index is 12.1.